The molecule has 34 heavy (non-hydrogen) atoms. The summed E-state index contributed by atoms with van der Waals surface area (Å²) < 4.78 is 6.70. The molecule has 0 N–H and O–H groups in total. The molecule has 0 saturated carbocycles. The summed E-state index contributed by atoms with van der Waals surface area (Å²) in [6, 6.07) is 15.8. The first kappa shape index (κ1) is 25.4. The molecule has 0 bridgehead atoms. The van der Waals surface area contributed by atoms with Crippen LogP contribution in [0.5, 0.6) is 5.75 Å². The first-order valence-electron chi connectivity index (χ1n) is 9.77. The summed E-state index contributed by atoms with van der Waals surface area (Å²) >= 11 is 29.0. The zero-order valence-corrected chi connectivity index (χ0v) is 22.6. The number of benzene rings is 3. The first-order chi connectivity index (χ1) is 16.2. The topological polar surface area (TPSA) is 46.6 Å². The summed E-state index contributed by atoms with van der Waals surface area (Å²) in [5, 5.41) is 1.08. The zero-order valence-electron chi connectivity index (χ0n) is 17.2. The number of amides is 2. The van der Waals surface area contributed by atoms with Crippen molar-refractivity contribution in [2.75, 3.05) is 0 Å². The van der Waals surface area contributed by atoms with Gasteiger partial charge in [0, 0.05) is 4.47 Å². The Morgan fingerprint density at radius 3 is 2.15 bits per heavy atom. The number of nitrogens with zero attached hydrogens (tertiary/aromatic N) is 1. The van der Waals surface area contributed by atoms with Crippen LogP contribution in [0.25, 0.3) is 6.08 Å². The van der Waals surface area contributed by atoms with E-state index in [1.807, 2.05) is 24.3 Å². The summed E-state index contributed by atoms with van der Waals surface area (Å²) in [6.45, 7) is 0.378. The van der Waals surface area contributed by atoms with Crippen molar-refractivity contribution in [3.63, 3.8) is 0 Å². The number of carbonyl (C=O) groups is 2. The minimum absolute atomic E-state index is 0.185. The third-order valence-electron chi connectivity index (χ3n) is 4.81. The number of thioether (sulfide) groups is 1. The largest absolute Gasteiger partial charge is 0.486 e. The normalized spacial score (nSPS) is 14.9. The number of hydrogen-bond acceptors (Lipinski definition) is 4. The fourth-order valence-electron chi connectivity index (χ4n) is 3.15. The highest BCUT2D eigenvalue weighted by atomic mass is 79.9. The van der Waals surface area contributed by atoms with Crippen LogP contribution in [0.1, 0.15) is 16.7 Å². The molecule has 1 saturated heterocycles. The van der Waals surface area contributed by atoms with E-state index in [1.165, 1.54) is 4.90 Å². The second-order valence-electron chi connectivity index (χ2n) is 7.25. The highest BCUT2D eigenvalue weighted by Crippen LogP contribution is 2.38. The van der Waals surface area contributed by atoms with E-state index < -0.39 is 0 Å². The van der Waals surface area contributed by atoms with Gasteiger partial charge in [-0.25, -0.2) is 0 Å². The number of imide groups is 1. The van der Waals surface area contributed by atoms with Crippen molar-refractivity contribution in [3.8, 4) is 5.75 Å². The van der Waals surface area contributed by atoms with Gasteiger partial charge in [0.05, 0.1) is 31.5 Å². The van der Waals surface area contributed by atoms with Crippen molar-refractivity contribution >= 4 is 91.3 Å². The molecule has 1 aliphatic rings. The molecule has 10 heteroatoms. The van der Waals surface area contributed by atoms with Gasteiger partial charge in [-0.3, -0.25) is 14.5 Å². The van der Waals surface area contributed by atoms with Gasteiger partial charge < -0.3 is 4.74 Å². The van der Waals surface area contributed by atoms with E-state index >= 15 is 0 Å². The van der Waals surface area contributed by atoms with Gasteiger partial charge in [-0.2, -0.15) is 0 Å². The highest BCUT2D eigenvalue weighted by molar-refractivity contribution is 9.10. The third kappa shape index (κ3) is 5.93. The Hall–Kier alpha value is -1.67. The minimum atomic E-state index is -0.370. The van der Waals surface area contributed by atoms with Crippen molar-refractivity contribution in [3.05, 3.63) is 101 Å². The van der Waals surface area contributed by atoms with Crippen LogP contribution >= 0.6 is 74.1 Å². The van der Waals surface area contributed by atoms with Crippen molar-refractivity contribution in [2.45, 2.75) is 13.2 Å². The average Bonchev–Trinajstić information content (AvgIpc) is 3.04. The summed E-state index contributed by atoms with van der Waals surface area (Å²) in [7, 11) is 0. The van der Waals surface area contributed by atoms with Crippen LogP contribution in [0.2, 0.25) is 20.1 Å². The van der Waals surface area contributed by atoms with E-state index in [0.717, 1.165) is 27.4 Å². The Morgan fingerprint density at radius 2 is 1.50 bits per heavy atom. The lowest BCUT2D eigenvalue weighted by Gasteiger charge is -2.12. The van der Waals surface area contributed by atoms with Crippen LogP contribution in [0.3, 0.4) is 0 Å². The molecule has 4 nitrogen and oxygen atoms in total. The number of ether oxygens (including phenoxy) is 1. The highest BCUT2D eigenvalue weighted by Gasteiger charge is 2.35. The van der Waals surface area contributed by atoms with Gasteiger partial charge in [0.1, 0.15) is 6.61 Å². The summed E-state index contributed by atoms with van der Waals surface area (Å²) in [4.78, 5) is 26.8. The molecule has 1 aliphatic heterocycles. The maximum Gasteiger partial charge on any atom is 0.293 e. The fraction of sp³-hybridized carbons (Fsp3) is 0.0833. The minimum Gasteiger partial charge on any atom is -0.486 e. The number of carbonyl (C=O) groups excluding carboxylic acids is 2. The lowest BCUT2D eigenvalue weighted by molar-refractivity contribution is -0.123. The molecule has 3 aromatic carbocycles. The standard InChI is InChI=1S/C24H14BrCl4NO3S/c25-16-4-1-13(2-5-16)11-30-23(31)21(34-24(30)32)10-15-8-19(28)22(20(29)9-15)33-12-14-3-6-17(26)18(27)7-14/h1-10H,11-12H2/b21-10-. The van der Waals surface area contributed by atoms with Gasteiger partial charge in [0.2, 0.25) is 0 Å². The molecule has 4 rings (SSSR count). The monoisotopic (exact) mass is 615 g/mol. The van der Waals surface area contributed by atoms with Crippen LogP contribution in [0.4, 0.5) is 4.79 Å². The van der Waals surface area contributed by atoms with Gasteiger partial charge >= 0.3 is 0 Å². The van der Waals surface area contributed by atoms with E-state index in [4.69, 9.17) is 51.1 Å². The molecule has 1 fully saturated rings. The molecule has 0 atom stereocenters. The Morgan fingerprint density at radius 1 is 0.853 bits per heavy atom. The van der Waals surface area contributed by atoms with E-state index in [9.17, 15) is 9.59 Å². The molecule has 0 aromatic heterocycles. The second kappa shape index (κ2) is 10.9. The van der Waals surface area contributed by atoms with Crippen LogP contribution < -0.4 is 4.74 Å². The maximum absolute atomic E-state index is 12.8. The molecule has 174 valence electrons. The number of rotatable bonds is 6. The molecule has 2 amide bonds. The van der Waals surface area contributed by atoms with Gasteiger partial charge in [0.25, 0.3) is 11.1 Å². The van der Waals surface area contributed by atoms with Crippen molar-refractivity contribution in [1.82, 2.24) is 4.90 Å². The van der Waals surface area contributed by atoms with E-state index in [2.05, 4.69) is 15.9 Å². The lowest BCUT2D eigenvalue weighted by Crippen LogP contribution is -2.27. The predicted molar refractivity (Wildman–Crippen MR) is 143 cm³/mol. The number of hydrogen-bond donors (Lipinski definition) is 0. The lowest BCUT2D eigenvalue weighted by atomic mass is 10.2. The van der Waals surface area contributed by atoms with Crippen LogP contribution in [0, 0.1) is 0 Å². The summed E-state index contributed by atoms with van der Waals surface area (Å²) in [6.07, 6.45) is 1.59. The van der Waals surface area contributed by atoms with Crippen molar-refractivity contribution in [1.29, 1.82) is 0 Å². The van der Waals surface area contributed by atoms with Crippen LogP contribution in [-0.4, -0.2) is 16.0 Å². The third-order valence-corrected chi connectivity index (χ3v) is 7.55. The molecule has 1 heterocycles. The zero-order chi connectivity index (χ0) is 24.4. The quantitative estimate of drug-likeness (QED) is 0.259. The molecule has 3 aromatic rings. The Bertz CT molecular complexity index is 1290. The average molecular weight is 618 g/mol. The Kier molecular flexibility index (Phi) is 8.18. The second-order valence-corrected chi connectivity index (χ2v) is 10.8. The fourth-order valence-corrected chi connectivity index (χ4v) is 5.18. The number of halogens is 5. The van der Waals surface area contributed by atoms with Gasteiger partial charge in [0.15, 0.2) is 5.75 Å². The van der Waals surface area contributed by atoms with Gasteiger partial charge in [-0.05, 0) is 70.9 Å². The SMILES string of the molecule is O=C1S/C(=C\c2cc(Cl)c(OCc3ccc(Cl)c(Cl)c3)c(Cl)c2)C(=O)N1Cc1ccc(Br)cc1. The van der Waals surface area contributed by atoms with Crippen molar-refractivity contribution < 1.29 is 14.3 Å². The molecular weight excluding hydrogens is 604 g/mol. The molecule has 0 aliphatic carbocycles. The predicted octanol–water partition coefficient (Wildman–Crippen LogP) is 8.88. The molecule has 0 radical (unpaired) electrons. The summed E-state index contributed by atoms with van der Waals surface area (Å²) in [5.74, 6) is -0.0694. The molecular formula is C24H14BrCl4NO3S. The maximum atomic E-state index is 12.8. The summed E-state index contributed by atoms with van der Waals surface area (Å²) in [5.41, 5.74) is 2.22. The van der Waals surface area contributed by atoms with E-state index in [0.29, 0.717) is 26.3 Å². The van der Waals surface area contributed by atoms with Gasteiger partial charge in [-0.15, -0.1) is 0 Å². The smallest absolute Gasteiger partial charge is 0.293 e. The van der Waals surface area contributed by atoms with E-state index in [-0.39, 0.29) is 34.3 Å². The van der Waals surface area contributed by atoms with Crippen LogP contribution in [0.15, 0.2) is 64.0 Å². The Balaban J connectivity index is 1.49. The first-order valence-corrected chi connectivity index (χ1v) is 12.9. The van der Waals surface area contributed by atoms with E-state index in [1.54, 1.807) is 36.4 Å². The van der Waals surface area contributed by atoms with Crippen molar-refractivity contribution in [2.24, 2.45) is 0 Å². The Labute approximate surface area is 228 Å². The molecule has 0 spiro atoms. The molecule has 0 unspecified atom stereocenters. The van der Waals surface area contributed by atoms with Gasteiger partial charge in [-0.1, -0.05) is 80.5 Å². The van der Waals surface area contributed by atoms with Crippen LogP contribution in [-0.2, 0) is 17.9 Å².